The van der Waals surface area contributed by atoms with Gasteiger partial charge in [0, 0.05) is 4.47 Å². The summed E-state index contributed by atoms with van der Waals surface area (Å²) in [5, 5.41) is 2.55. The molecule has 1 aromatic rings. The standard InChI is InChI=1S/C11H12BrNO2/c1-7-4-3-5-9(10(7)12)11(15)13-6-8(2)14/h3-5H,6H2,1-2H3,(H,13,15). The minimum absolute atomic E-state index is 0.0628. The van der Waals surface area contributed by atoms with E-state index in [1.54, 1.807) is 6.07 Å². The quantitative estimate of drug-likeness (QED) is 0.914. The molecule has 0 bridgehead atoms. The number of carbonyl (C=O) groups excluding carboxylic acids is 2. The lowest BCUT2D eigenvalue weighted by Gasteiger charge is -2.06. The van der Waals surface area contributed by atoms with E-state index in [4.69, 9.17) is 0 Å². The minimum atomic E-state index is -0.235. The molecule has 0 radical (unpaired) electrons. The fraction of sp³-hybridized carbons (Fsp3) is 0.273. The van der Waals surface area contributed by atoms with Crippen LogP contribution in [0.2, 0.25) is 0 Å². The van der Waals surface area contributed by atoms with Gasteiger partial charge in [-0.25, -0.2) is 0 Å². The molecule has 80 valence electrons. The summed E-state index contributed by atoms with van der Waals surface area (Å²) in [5.74, 6) is -0.298. The van der Waals surface area contributed by atoms with E-state index in [0.717, 1.165) is 10.0 Å². The van der Waals surface area contributed by atoms with Gasteiger partial charge in [0.2, 0.25) is 0 Å². The van der Waals surface area contributed by atoms with Gasteiger partial charge in [-0.15, -0.1) is 0 Å². The Bertz CT molecular complexity index is 402. The highest BCUT2D eigenvalue weighted by Gasteiger charge is 2.10. The van der Waals surface area contributed by atoms with Gasteiger partial charge in [-0.05, 0) is 41.4 Å². The molecule has 4 heteroatoms. The second kappa shape index (κ2) is 5.07. The third kappa shape index (κ3) is 3.16. The van der Waals surface area contributed by atoms with Crippen LogP contribution in [0.5, 0.6) is 0 Å². The van der Waals surface area contributed by atoms with E-state index >= 15 is 0 Å². The van der Waals surface area contributed by atoms with Gasteiger partial charge >= 0.3 is 0 Å². The summed E-state index contributed by atoms with van der Waals surface area (Å²) in [4.78, 5) is 22.3. The van der Waals surface area contributed by atoms with Gasteiger partial charge in [0.1, 0.15) is 5.78 Å². The van der Waals surface area contributed by atoms with Crippen molar-refractivity contribution in [2.75, 3.05) is 6.54 Å². The average Bonchev–Trinajstić information content (AvgIpc) is 2.18. The number of carbonyl (C=O) groups is 2. The number of ketones is 1. The van der Waals surface area contributed by atoms with Crippen LogP contribution in [-0.2, 0) is 4.79 Å². The second-order valence-electron chi connectivity index (χ2n) is 3.32. The normalized spacial score (nSPS) is 9.80. The summed E-state index contributed by atoms with van der Waals surface area (Å²) in [6, 6.07) is 5.43. The molecule has 0 fully saturated rings. The molecule has 15 heavy (non-hydrogen) atoms. The summed E-state index contributed by atoms with van der Waals surface area (Å²) in [6.07, 6.45) is 0. The van der Waals surface area contributed by atoms with Crippen LogP contribution in [0.15, 0.2) is 22.7 Å². The van der Waals surface area contributed by atoms with Crippen molar-refractivity contribution >= 4 is 27.6 Å². The molecule has 0 aliphatic carbocycles. The first-order chi connectivity index (χ1) is 7.02. The zero-order valence-electron chi connectivity index (χ0n) is 8.63. The Morgan fingerprint density at radius 3 is 2.67 bits per heavy atom. The molecule has 1 aromatic carbocycles. The van der Waals surface area contributed by atoms with Crippen LogP contribution < -0.4 is 5.32 Å². The zero-order valence-corrected chi connectivity index (χ0v) is 10.2. The van der Waals surface area contributed by atoms with E-state index in [1.807, 2.05) is 19.1 Å². The van der Waals surface area contributed by atoms with Crippen LogP contribution in [0.1, 0.15) is 22.8 Å². The van der Waals surface area contributed by atoms with Crippen LogP contribution in [0.4, 0.5) is 0 Å². The molecule has 3 nitrogen and oxygen atoms in total. The molecule has 0 aliphatic rings. The summed E-state index contributed by atoms with van der Waals surface area (Å²) in [7, 11) is 0. The Balaban J connectivity index is 2.82. The van der Waals surface area contributed by atoms with Crippen molar-refractivity contribution < 1.29 is 9.59 Å². The molecular weight excluding hydrogens is 258 g/mol. The molecule has 0 aliphatic heterocycles. The van der Waals surface area contributed by atoms with E-state index in [-0.39, 0.29) is 18.2 Å². The van der Waals surface area contributed by atoms with Crippen LogP contribution in [-0.4, -0.2) is 18.2 Å². The number of amides is 1. The molecule has 0 atom stereocenters. The van der Waals surface area contributed by atoms with Gasteiger partial charge in [-0.1, -0.05) is 12.1 Å². The van der Waals surface area contributed by atoms with Gasteiger partial charge in [0.15, 0.2) is 0 Å². The first-order valence-electron chi connectivity index (χ1n) is 4.55. The molecule has 0 saturated carbocycles. The number of aryl methyl sites for hydroxylation is 1. The molecule has 0 spiro atoms. The average molecular weight is 270 g/mol. The number of rotatable bonds is 3. The number of halogens is 1. The van der Waals surface area contributed by atoms with Crippen LogP contribution in [0.25, 0.3) is 0 Å². The molecule has 1 amide bonds. The van der Waals surface area contributed by atoms with E-state index in [2.05, 4.69) is 21.2 Å². The van der Waals surface area contributed by atoms with Crippen molar-refractivity contribution in [2.45, 2.75) is 13.8 Å². The molecule has 1 rings (SSSR count). The summed E-state index contributed by atoms with van der Waals surface area (Å²) in [5.41, 5.74) is 1.54. The number of benzene rings is 1. The van der Waals surface area contributed by atoms with Crippen LogP contribution in [0.3, 0.4) is 0 Å². The van der Waals surface area contributed by atoms with Crippen molar-refractivity contribution in [1.29, 1.82) is 0 Å². The Labute approximate surface area is 97.0 Å². The van der Waals surface area contributed by atoms with Crippen LogP contribution >= 0.6 is 15.9 Å². The Kier molecular flexibility index (Phi) is 4.03. The van der Waals surface area contributed by atoms with Crippen molar-refractivity contribution in [3.63, 3.8) is 0 Å². The molecule has 0 unspecified atom stereocenters. The number of hydrogen-bond acceptors (Lipinski definition) is 2. The summed E-state index contributed by atoms with van der Waals surface area (Å²) >= 11 is 3.34. The summed E-state index contributed by atoms with van der Waals surface area (Å²) < 4.78 is 0.769. The predicted molar refractivity (Wildman–Crippen MR) is 61.9 cm³/mol. The summed E-state index contributed by atoms with van der Waals surface area (Å²) in [6.45, 7) is 3.41. The lowest BCUT2D eigenvalue weighted by molar-refractivity contribution is -0.116. The maximum absolute atomic E-state index is 11.6. The Hall–Kier alpha value is -1.16. The van der Waals surface area contributed by atoms with Crippen LogP contribution in [0, 0.1) is 6.92 Å². The first kappa shape index (κ1) is 11.9. The minimum Gasteiger partial charge on any atom is -0.345 e. The van der Waals surface area contributed by atoms with E-state index in [1.165, 1.54) is 6.92 Å². The number of Topliss-reactive ketones (excluding diaryl/α,β-unsaturated/α-hetero) is 1. The largest absolute Gasteiger partial charge is 0.345 e. The lowest BCUT2D eigenvalue weighted by Crippen LogP contribution is -2.28. The highest BCUT2D eigenvalue weighted by atomic mass is 79.9. The first-order valence-corrected chi connectivity index (χ1v) is 5.34. The molecule has 0 saturated heterocycles. The SMILES string of the molecule is CC(=O)CNC(=O)c1cccc(C)c1Br. The van der Waals surface area contributed by atoms with E-state index in [0.29, 0.717) is 5.56 Å². The molecule has 0 aromatic heterocycles. The van der Waals surface area contributed by atoms with E-state index in [9.17, 15) is 9.59 Å². The maximum atomic E-state index is 11.6. The smallest absolute Gasteiger partial charge is 0.252 e. The van der Waals surface area contributed by atoms with Crippen molar-refractivity contribution in [2.24, 2.45) is 0 Å². The second-order valence-corrected chi connectivity index (χ2v) is 4.11. The third-order valence-electron chi connectivity index (χ3n) is 1.93. The van der Waals surface area contributed by atoms with Crippen molar-refractivity contribution in [3.8, 4) is 0 Å². The Morgan fingerprint density at radius 2 is 2.07 bits per heavy atom. The Morgan fingerprint density at radius 1 is 1.40 bits per heavy atom. The lowest BCUT2D eigenvalue weighted by atomic mass is 10.1. The van der Waals surface area contributed by atoms with Crippen molar-refractivity contribution in [3.05, 3.63) is 33.8 Å². The fourth-order valence-corrected chi connectivity index (χ4v) is 1.57. The topological polar surface area (TPSA) is 46.2 Å². The van der Waals surface area contributed by atoms with Gasteiger partial charge < -0.3 is 5.32 Å². The third-order valence-corrected chi connectivity index (χ3v) is 2.99. The molecular formula is C11H12BrNO2. The fourth-order valence-electron chi connectivity index (χ4n) is 1.12. The number of hydrogen-bond donors (Lipinski definition) is 1. The highest BCUT2D eigenvalue weighted by molar-refractivity contribution is 9.10. The molecule has 0 heterocycles. The van der Waals surface area contributed by atoms with Gasteiger partial charge in [-0.2, -0.15) is 0 Å². The molecule has 1 N–H and O–H groups in total. The van der Waals surface area contributed by atoms with E-state index < -0.39 is 0 Å². The predicted octanol–water partition coefficient (Wildman–Crippen LogP) is 2.08. The van der Waals surface area contributed by atoms with Gasteiger partial charge in [0.25, 0.3) is 5.91 Å². The zero-order chi connectivity index (χ0) is 11.4. The van der Waals surface area contributed by atoms with Crippen molar-refractivity contribution in [1.82, 2.24) is 5.32 Å². The van der Waals surface area contributed by atoms with Gasteiger partial charge in [-0.3, -0.25) is 9.59 Å². The monoisotopic (exact) mass is 269 g/mol. The highest BCUT2D eigenvalue weighted by Crippen LogP contribution is 2.20. The number of nitrogens with one attached hydrogen (secondary N) is 1. The maximum Gasteiger partial charge on any atom is 0.252 e. The van der Waals surface area contributed by atoms with Gasteiger partial charge in [0.05, 0.1) is 12.1 Å².